The molecule has 3 aromatic rings. The fraction of sp³-hybridized carbons (Fsp3) is 0.125. The Morgan fingerprint density at radius 1 is 1.18 bits per heavy atom. The topological polar surface area (TPSA) is 67.0 Å². The molecule has 1 aromatic heterocycles. The highest BCUT2D eigenvalue weighted by atomic mass is 79.9. The van der Waals surface area contributed by atoms with Crippen LogP contribution in [0.1, 0.15) is 11.4 Å². The van der Waals surface area contributed by atoms with Crippen LogP contribution < -0.4 is 5.32 Å². The molecule has 0 saturated carbocycles. The first-order valence-corrected chi connectivity index (χ1v) is 7.59. The van der Waals surface area contributed by atoms with Gasteiger partial charge in [0.1, 0.15) is 17.9 Å². The van der Waals surface area contributed by atoms with E-state index in [0.29, 0.717) is 5.82 Å². The number of ether oxygens (including phenoxy) is 1. The summed E-state index contributed by atoms with van der Waals surface area (Å²) < 4.78 is 6.06. The molecule has 0 radical (unpaired) electrons. The van der Waals surface area contributed by atoms with Gasteiger partial charge in [0, 0.05) is 4.47 Å². The van der Waals surface area contributed by atoms with E-state index in [9.17, 15) is 4.79 Å². The van der Waals surface area contributed by atoms with Gasteiger partial charge in [-0.05, 0) is 33.6 Å². The predicted octanol–water partition coefficient (Wildman–Crippen LogP) is 3.75. The van der Waals surface area contributed by atoms with Gasteiger partial charge in [-0.2, -0.15) is 0 Å². The van der Waals surface area contributed by atoms with Gasteiger partial charge in [-0.3, -0.25) is 0 Å². The second-order valence-electron chi connectivity index (χ2n) is 4.73. The summed E-state index contributed by atoms with van der Waals surface area (Å²) in [6, 6.07) is 15.3. The highest BCUT2D eigenvalue weighted by molar-refractivity contribution is 9.10. The Bertz CT molecular complexity index is 786. The summed E-state index contributed by atoms with van der Waals surface area (Å²) in [5.74, 6) is 0.679. The van der Waals surface area contributed by atoms with Crippen molar-refractivity contribution in [3.8, 4) is 0 Å². The molecular formula is C16H14BrN3O2. The van der Waals surface area contributed by atoms with Gasteiger partial charge in [0.2, 0.25) is 0 Å². The number of benzene rings is 2. The summed E-state index contributed by atoms with van der Waals surface area (Å²) >= 11 is 3.45. The first kappa shape index (κ1) is 14.6. The van der Waals surface area contributed by atoms with Crippen LogP contribution in [0.2, 0.25) is 0 Å². The second-order valence-corrected chi connectivity index (χ2v) is 5.59. The standard InChI is InChI=1S/C16H14BrN3O2/c17-12-7-4-8-13-15(12)20-14(19-13)9-18-16(21)22-10-11-5-2-1-3-6-11/h1-8H,9-10H2,(H,18,21)(H,19,20). The van der Waals surface area contributed by atoms with Crippen LogP contribution in [0.5, 0.6) is 0 Å². The van der Waals surface area contributed by atoms with Crippen LogP contribution in [0.25, 0.3) is 11.0 Å². The summed E-state index contributed by atoms with van der Waals surface area (Å²) in [7, 11) is 0. The zero-order chi connectivity index (χ0) is 15.4. The number of imidazole rings is 1. The summed E-state index contributed by atoms with van der Waals surface area (Å²) in [6.45, 7) is 0.535. The van der Waals surface area contributed by atoms with Crippen molar-refractivity contribution in [2.24, 2.45) is 0 Å². The number of halogens is 1. The predicted molar refractivity (Wildman–Crippen MR) is 87.3 cm³/mol. The zero-order valence-electron chi connectivity index (χ0n) is 11.7. The number of hydrogen-bond donors (Lipinski definition) is 2. The smallest absolute Gasteiger partial charge is 0.407 e. The number of amides is 1. The van der Waals surface area contributed by atoms with Crippen LogP contribution in [0.15, 0.2) is 53.0 Å². The molecule has 0 spiro atoms. The number of hydrogen-bond acceptors (Lipinski definition) is 3. The molecule has 0 aliphatic carbocycles. The number of carbonyl (C=O) groups is 1. The Balaban J connectivity index is 1.55. The van der Waals surface area contributed by atoms with Gasteiger partial charge < -0.3 is 15.0 Å². The van der Waals surface area contributed by atoms with Crippen molar-refractivity contribution in [3.05, 3.63) is 64.4 Å². The Morgan fingerprint density at radius 3 is 2.77 bits per heavy atom. The SMILES string of the molecule is O=C(NCc1nc2c(Br)cccc2[nH]1)OCc1ccccc1. The minimum atomic E-state index is -0.469. The number of aromatic nitrogens is 2. The number of nitrogens with one attached hydrogen (secondary N) is 2. The number of aromatic amines is 1. The third-order valence-corrected chi connectivity index (χ3v) is 3.77. The Kier molecular flexibility index (Phi) is 4.39. The summed E-state index contributed by atoms with van der Waals surface area (Å²) in [4.78, 5) is 19.3. The largest absolute Gasteiger partial charge is 0.445 e. The fourth-order valence-electron chi connectivity index (χ4n) is 2.06. The molecule has 0 bridgehead atoms. The van der Waals surface area contributed by atoms with Crippen molar-refractivity contribution >= 4 is 33.1 Å². The lowest BCUT2D eigenvalue weighted by molar-refractivity contribution is 0.139. The Hall–Kier alpha value is -2.34. The van der Waals surface area contributed by atoms with E-state index in [1.54, 1.807) is 0 Å². The van der Waals surface area contributed by atoms with Crippen molar-refractivity contribution in [1.29, 1.82) is 0 Å². The molecule has 2 aromatic carbocycles. The van der Waals surface area contributed by atoms with E-state index in [0.717, 1.165) is 21.1 Å². The van der Waals surface area contributed by atoms with E-state index in [4.69, 9.17) is 4.74 Å². The van der Waals surface area contributed by atoms with Crippen LogP contribution >= 0.6 is 15.9 Å². The Morgan fingerprint density at radius 2 is 2.00 bits per heavy atom. The molecule has 0 unspecified atom stereocenters. The van der Waals surface area contributed by atoms with E-state index in [1.807, 2.05) is 48.5 Å². The van der Waals surface area contributed by atoms with Gasteiger partial charge in [-0.1, -0.05) is 36.4 Å². The van der Waals surface area contributed by atoms with E-state index >= 15 is 0 Å². The van der Waals surface area contributed by atoms with Gasteiger partial charge in [-0.25, -0.2) is 9.78 Å². The number of rotatable bonds is 4. The van der Waals surface area contributed by atoms with Crippen LogP contribution in [-0.4, -0.2) is 16.1 Å². The maximum Gasteiger partial charge on any atom is 0.407 e. The molecule has 2 N–H and O–H groups in total. The van der Waals surface area contributed by atoms with E-state index in [1.165, 1.54) is 0 Å². The van der Waals surface area contributed by atoms with Gasteiger partial charge in [0.05, 0.1) is 12.1 Å². The highest BCUT2D eigenvalue weighted by Crippen LogP contribution is 2.21. The normalized spacial score (nSPS) is 10.6. The maximum absolute atomic E-state index is 11.7. The van der Waals surface area contributed by atoms with E-state index < -0.39 is 6.09 Å². The first-order chi connectivity index (χ1) is 10.7. The molecule has 0 aliphatic rings. The summed E-state index contributed by atoms with van der Waals surface area (Å²) in [6.07, 6.45) is -0.469. The molecule has 6 heteroatoms. The molecule has 112 valence electrons. The van der Waals surface area contributed by atoms with Gasteiger partial charge in [0.15, 0.2) is 0 Å². The third kappa shape index (κ3) is 3.46. The maximum atomic E-state index is 11.7. The molecule has 5 nitrogen and oxygen atoms in total. The fourth-order valence-corrected chi connectivity index (χ4v) is 2.52. The molecule has 0 fully saturated rings. The lowest BCUT2D eigenvalue weighted by Gasteiger charge is -2.05. The lowest BCUT2D eigenvalue weighted by Crippen LogP contribution is -2.24. The zero-order valence-corrected chi connectivity index (χ0v) is 13.3. The molecular weight excluding hydrogens is 346 g/mol. The average Bonchev–Trinajstić information content (AvgIpc) is 2.96. The number of fused-ring (bicyclic) bond motifs is 1. The molecule has 0 aliphatic heterocycles. The minimum Gasteiger partial charge on any atom is -0.445 e. The number of alkyl carbamates (subject to hydrolysis) is 1. The van der Waals surface area contributed by atoms with Crippen LogP contribution in [0.3, 0.4) is 0 Å². The van der Waals surface area contributed by atoms with Crippen LogP contribution in [0.4, 0.5) is 4.79 Å². The van der Waals surface area contributed by atoms with Gasteiger partial charge in [0.25, 0.3) is 0 Å². The molecule has 22 heavy (non-hydrogen) atoms. The third-order valence-electron chi connectivity index (χ3n) is 3.13. The molecule has 3 rings (SSSR count). The second kappa shape index (κ2) is 6.62. The minimum absolute atomic E-state index is 0.248. The van der Waals surface area contributed by atoms with E-state index in [2.05, 4.69) is 31.2 Å². The number of nitrogens with zero attached hydrogens (tertiary/aromatic N) is 1. The van der Waals surface area contributed by atoms with Crippen molar-refractivity contribution in [3.63, 3.8) is 0 Å². The van der Waals surface area contributed by atoms with Crippen molar-refractivity contribution < 1.29 is 9.53 Å². The van der Waals surface area contributed by atoms with Crippen LogP contribution in [0, 0.1) is 0 Å². The van der Waals surface area contributed by atoms with Crippen molar-refractivity contribution in [2.45, 2.75) is 13.2 Å². The van der Waals surface area contributed by atoms with Gasteiger partial charge >= 0.3 is 6.09 Å². The highest BCUT2D eigenvalue weighted by Gasteiger charge is 2.08. The van der Waals surface area contributed by atoms with Crippen molar-refractivity contribution in [1.82, 2.24) is 15.3 Å². The van der Waals surface area contributed by atoms with Gasteiger partial charge in [-0.15, -0.1) is 0 Å². The Labute approximate surface area is 135 Å². The number of para-hydroxylation sites is 1. The summed E-state index contributed by atoms with van der Waals surface area (Å²) in [5, 5.41) is 2.68. The quantitative estimate of drug-likeness (QED) is 0.745. The molecule has 1 amide bonds. The van der Waals surface area contributed by atoms with Crippen molar-refractivity contribution in [2.75, 3.05) is 0 Å². The van der Waals surface area contributed by atoms with Crippen LogP contribution in [-0.2, 0) is 17.9 Å². The first-order valence-electron chi connectivity index (χ1n) is 6.80. The lowest BCUT2D eigenvalue weighted by atomic mass is 10.2. The molecule has 0 saturated heterocycles. The average molecular weight is 360 g/mol. The van der Waals surface area contributed by atoms with E-state index in [-0.39, 0.29) is 13.2 Å². The number of carbonyl (C=O) groups excluding carboxylic acids is 1. The molecule has 1 heterocycles. The monoisotopic (exact) mass is 359 g/mol. The number of H-pyrrole nitrogens is 1. The molecule has 0 atom stereocenters. The summed E-state index contributed by atoms with van der Waals surface area (Å²) in [5.41, 5.74) is 2.71.